The molecule has 1 aliphatic rings. The van der Waals surface area contributed by atoms with Crippen molar-refractivity contribution < 1.29 is 4.79 Å². The van der Waals surface area contributed by atoms with E-state index in [0.29, 0.717) is 10.3 Å². The molecule has 0 unspecified atom stereocenters. The third-order valence-electron chi connectivity index (χ3n) is 4.16. The van der Waals surface area contributed by atoms with E-state index in [9.17, 15) is 9.59 Å². The van der Waals surface area contributed by atoms with E-state index in [1.54, 1.807) is 11.3 Å². The molecule has 136 valence electrons. The van der Waals surface area contributed by atoms with Crippen molar-refractivity contribution in [3.8, 4) is 0 Å². The number of rotatable bonds is 5. The van der Waals surface area contributed by atoms with E-state index in [1.165, 1.54) is 40.0 Å². The molecule has 3 aromatic rings. The molecular formula is C16H17N5O2S3. The molecular weight excluding hydrogens is 390 g/mol. The van der Waals surface area contributed by atoms with Crippen LogP contribution >= 0.6 is 34.4 Å². The standard InChI is InChI=1S/C16H17N5O2S3/c1-2-11-20-21-16(26-11)17-10(22)7-24-15-18-13(23)12-8-5-3-4-6-9(8)25-14(12)19-15/h2-7H2,1H3,(H,17,21,22)(H,18,19,23). The molecule has 0 bridgehead atoms. The van der Waals surface area contributed by atoms with Gasteiger partial charge in [-0.1, -0.05) is 30.0 Å². The van der Waals surface area contributed by atoms with Crippen molar-refractivity contribution in [2.45, 2.75) is 44.2 Å². The van der Waals surface area contributed by atoms with Crippen LogP contribution in [0.15, 0.2) is 9.95 Å². The Morgan fingerprint density at radius 2 is 2.12 bits per heavy atom. The van der Waals surface area contributed by atoms with Gasteiger partial charge in [0.2, 0.25) is 11.0 Å². The number of nitrogens with one attached hydrogen (secondary N) is 2. The van der Waals surface area contributed by atoms with Gasteiger partial charge in [-0.2, -0.15) is 0 Å². The third-order valence-corrected chi connectivity index (χ3v) is 7.20. The first-order chi connectivity index (χ1) is 12.6. The van der Waals surface area contributed by atoms with Gasteiger partial charge in [0.15, 0.2) is 5.16 Å². The molecule has 4 rings (SSSR count). The summed E-state index contributed by atoms with van der Waals surface area (Å²) < 4.78 is 0. The Morgan fingerprint density at radius 3 is 2.92 bits per heavy atom. The molecule has 0 radical (unpaired) electrons. The molecule has 2 N–H and O–H groups in total. The topological polar surface area (TPSA) is 101 Å². The van der Waals surface area contributed by atoms with Gasteiger partial charge in [0.1, 0.15) is 9.84 Å². The molecule has 0 aliphatic heterocycles. The minimum absolute atomic E-state index is 0.103. The largest absolute Gasteiger partial charge is 0.301 e. The highest BCUT2D eigenvalue weighted by atomic mass is 32.2. The highest BCUT2D eigenvalue weighted by Crippen LogP contribution is 2.34. The van der Waals surface area contributed by atoms with Crippen LogP contribution in [0, 0.1) is 0 Å². The maximum Gasteiger partial charge on any atom is 0.260 e. The Bertz CT molecular complexity index is 1020. The smallest absolute Gasteiger partial charge is 0.260 e. The van der Waals surface area contributed by atoms with Gasteiger partial charge in [0.05, 0.1) is 11.1 Å². The van der Waals surface area contributed by atoms with Crippen LogP contribution < -0.4 is 10.9 Å². The zero-order valence-electron chi connectivity index (χ0n) is 14.1. The first kappa shape index (κ1) is 17.6. The van der Waals surface area contributed by atoms with Gasteiger partial charge in [0.25, 0.3) is 5.56 Å². The number of anilines is 1. The van der Waals surface area contributed by atoms with Crippen molar-refractivity contribution in [1.82, 2.24) is 20.2 Å². The van der Waals surface area contributed by atoms with E-state index in [2.05, 4.69) is 25.5 Å². The summed E-state index contributed by atoms with van der Waals surface area (Å²) in [5, 5.41) is 13.2. The van der Waals surface area contributed by atoms with Crippen LogP contribution in [0.3, 0.4) is 0 Å². The minimum atomic E-state index is -0.193. The molecule has 1 aliphatic carbocycles. The fourth-order valence-electron chi connectivity index (χ4n) is 2.95. The molecule has 1 amide bonds. The predicted molar refractivity (Wildman–Crippen MR) is 106 cm³/mol. The van der Waals surface area contributed by atoms with Crippen molar-refractivity contribution >= 4 is 55.7 Å². The van der Waals surface area contributed by atoms with E-state index in [0.717, 1.165) is 40.9 Å². The minimum Gasteiger partial charge on any atom is -0.301 e. The number of aromatic amines is 1. The molecule has 0 atom stereocenters. The van der Waals surface area contributed by atoms with Crippen LogP contribution in [0.2, 0.25) is 0 Å². The van der Waals surface area contributed by atoms with Crippen molar-refractivity contribution in [1.29, 1.82) is 0 Å². The molecule has 0 spiro atoms. The number of amides is 1. The maximum absolute atomic E-state index is 12.5. The molecule has 3 heterocycles. The lowest BCUT2D eigenvalue weighted by Gasteiger charge is -2.09. The number of fused-ring (bicyclic) bond motifs is 3. The van der Waals surface area contributed by atoms with Gasteiger partial charge in [-0.3, -0.25) is 14.9 Å². The summed E-state index contributed by atoms with van der Waals surface area (Å²) >= 11 is 4.20. The van der Waals surface area contributed by atoms with Crippen molar-refractivity contribution in [3.63, 3.8) is 0 Å². The van der Waals surface area contributed by atoms with E-state index < -0.39 is 0 Å². The van der Waals surface area contributed by atoms with Gasteiger partial charge in [-0.15, -0.1) is 21.5 Å². The van der Waals surface area contributed by atoms with Crippen molar-refractivity contribution in [2.24, 2.45) is 0 Å². The van der Waals surface area contributed by atoms with Gasteiger partial charge in [-0.25, -0.2) is 4.98 Å². The lowest BCUT2D eigenvalue weighted by atomic mass is 9.97. The predicted octanol–water partition coefficient (Wildman–Crippen LogP) is 3.01. The van der Waals surface area contributed by atoms with Gasteiger partial charge < -0.3 is 4.98 Å². The molecule has 26 heavy (non-hydrogen) atoms. The fraction of sp³-hybridized carbons (Fsp3) is 0.438. The van der Waals surface area contributed by atoms with E-state index >= 15 is 0 Å². The van der Waals surface area contributed by atoms with Crippen molar-refractivity contribution in [2.75, 3.05) is 11.1 Å². The number of hydrogen-bond acceptors (Lipinski definition) is 8. The Morgan fingerprint density at radius 1 is 1.27 bits per heavy atom. The van der Waals surface area contributed by atoms with Gasteiger partial charge in [0, 0.05) is 4.88 Å². The number of carbonyl (C=O) groups is 1. The highest BCUT2D eigenvalue weighted by molar-refractivity contribution is 7.99. The number of aromatic nitrogens is 4. The number of hydrogen-bond donors (Lipinski definition) is 2. The Labute approximate surface area is 161 Å². The number of thioether (sulfide) groups is 1. The van der Waals surface area contributed by atoms with E-state index in [4.69, 9.17) is 0 Å². The zero-order chi connectivity index (χ0) is 18.1. The summed E-state index contributed by atoms with van der Waals surface area (Å²) in [5.41, 5.74) is 1.07. The molecule has 10 heteroatoms. The highest BCUT2D eigenvalue weighted by Gasteiger charge is 2.20. The third kappa shape index (κ3) is 3.53. The number of nitrogens with zero attached hydrogens (tertiary/aromatic N) is 3. The average molecular weight is 408 g/mol. The summed E-state index contributed by atoms with van der Waals surface area (Å²) in [6, 6.07) is 0. The summed E-state index contributed by atoms with van der Waals surface area (Å²) in [5.74, 6) is -0.0392. The van der Waals surface area contributed by atoms with Crippen molar-refractivity contribution in [3.05, 3.63) is 25.8 Å². The monoisotopic (exact) mass is 407 g/mol. The van der Waals surface area contributed by atoms with Crippen LogP contribution in [-0.2, 0) is 24.1 Å². The Hall–Kier alpha value is -1.78. The number of aryl methyl sites for hydroxylation is 3. The second kappa shape index (κ2) is 7.45. The maximum atomic E-state index is 12.5. The number of thiophene rings is 1. The first-order valence-electron chi connectivity index (χ1n) is 8.43. The second-order valence-corrected chi connectivity index (χ2v) is 9.06. The summed E-state index contributed by atoms with van der Waals surface area (Å²) in [6.45, 7) is 1.99. The zero-order valence-corrected chi connectivity index (χ0v) is 16.6. The molecule has 3 aromatic heterocycles. The number of H-pyrrole nitrogens is 1. The molecule has 0 aromatic carbocycles. The molecule has 0 fully saturated rings. The lowest BCUT2D eigenvalue weighted by Crippen LogP contribution is -2.15. The van der Waals surface area contributed by atoms with Gasteiger partial charge in [-0.05, 0) is 37.7 Å². The quantitative estimate of drug-likeness (QED) is 0.498. The SMILES string of the molecule is CCc1nnc(NC(=O)CSc2nc3sc4c(c3c(=O)[nH]2)CCCC4)s1. The average Bonchev–Trinajstić information content (AvgIpc) is 3.23. The Kier molecular flexibility index (Phi) is 5.05. The lowest BCUT2D eigenvalue weighted by molar-refractivity contribution is -0.113. The van der Waals surface area contributed by atoms with Crippen LogP contribution in [0.25, 0.3) is 10.2 Å². The molecule has 7 nitrogen and oxygen atoms in total. The first-order valence-corrected chi connectivity index (χ1v) is 11.1. The van der Waals surface area contributed by atoms with E-state index in [1.807, 2.05) is 6.92 Å². The summed E-state index contributed by atoms with van der Waals surface area (Å²) in [7, 11) is 0. The van der Waals surface area contributed by atoms with Gasteiger partial charge >= 0.3 is 0 Å². The fourth-order valence-corrected chi connectivity index (χ4v) is 5.62. The number of carbonyl (C=O) groups excluding carboxylic acids is 1. The van der Waals surface area contributed by atoms with Crippen LogP contribution in [0.1, 0.15) is 35.2 Å². The second-order valence-electron chi connectivity index (χ2n) is 5.95. The Balaban J connectivity index is 1.47. The normalized spacial score (nSPS) is 13.7. The summed E-state index contributed by atoms with van der Waals surface area (Å²) in [6.07, 6.45) is 5.07. The molecule has 0 saturated heterocycles. The van der Waals surface area contributed by atoms with Crippen LogP contribution in [0.4, 0.5) is 5.13 Å². The van der Waals surface area contributed by atoms with Crippen LogP contribution in [-0.4, -0.2) is 31.8 Å². The van der Waals surface area contributed by atoms with Crippen LogP contribution in [0.5, 0.6) is 0 Å². The summed E-state index contributed by atoms with van der Waals surface area (Å²) in [4.78, 5) is 34.0. The van der Waals surface area contributed by atoms with E-state index in [-0.39, 0.29) is 17.2 Å². The molecule has 0 saturated carbocycles.